The Labute approximate surface area is 235 Å². The third-order valence-corrected chi connectivity index (χ3v) is 8.48. The van der Waals surface area contributed by atoms with Crippen molar-refractivity contribution >= 4 is 73.9 Å². The molecule has 0 spiro atoms. The van der Waals surface area contributed by atoms with Crippen molar-refractivity contribution in [3.8, 4) is 0 Å². The van der Waals surface area contributed by atoms with E-state index < -0.39 is 34.4 Å². The number of amides is 2. The summed E-state index contributed by atoms with van der Waals surface area (Å²) in [6.07, 6.45) is 0. The quantitative estimate of drug-likeness (QED) is 0.342. The Morgan fingerprint density at radius 1 is 0.892 bits per heavy atom. The summed E-state index contributed by atoms with van der Waals surface area (Å²) in [5.74, 6) is -1.14. The second kappa shape index (κ2) is 12.4. The second-order valence-corrected chi connectivity index (χ2v) is 11.5. The zero-order valence-corrected chi connectivity index (χ0v) is 23.6. The maximum absolute atomic E-state index is 13.8. The molecule has 196 valence electrons. The van der Waals surface area contributed by atoms with Crippen LogP contribution < -0.4 is 9.62 Å². The maximum atomic E-state index is 13.8. The van der Waals surface area contributed by atoms with Gasteiger partial charge in [0.1, 0.15) is 12.6 Å². The van der Waals surface area contributed by atoms with Crippen LogP contribution in [0.1, 0.15) is 12.5 Å². The monoisotopic (exact) mass is 601 g/mol. The van der Waals surface area contributed by atoms with Crippen LogP contribution in [0.5, 0.6) is 0 Å². The molecule has 3 rings (SSSR count). The normalized spacial score (nSPS) is 12.1. The van der Waals surface area contributed by atoms with Crippen molar-refractivity contribution in [3.05, 3.63) is 92.4 Å². The van der Waals surface area contributed by atoms with Gasteiger partial charge in [-0.25, -0.2) is 8.42 Å². The van der Waals surface area contributed by atoms with E-state index in [9.17, 15) is 18.0 Å². The van der Waals surface area contributed by atoms with Gasteiger partial charge in [-0.3, -0.25) is 13.9 Å². The van der Waals surface area contributed by atoms with Crippen molar-refractivity contribution in [3.63, 3.8) is 0 Å². The smallest absolute Gasteiger partial charge is 0.264 e. The first-order valence-corrected chi connectivity index (χ1v) is 13.9. The largest absolute Gasteiger partial charge is 0.357 e. The molecule has 0 aliphatic carbocycles. The summed E-state index contributed by atoms with van der Waals surface area (Å²) < 4.78 is 28.3. The Balaban J connectivity index is 2.09. The number of likely N-dealkylation sites (N-methyl/N-ethyl adjacent to an activating group) is 1. The lowest BCUT2D eigenvalue weighted by atomic mass is 10.1. The van der Waals surface area contributed by atoms with Gasteiger partial charge in [0.2, 0.25) is 11.8 Å². The van der Waals surface area contributed by atoms with E-state index in [-0.39, 0.29) is 27.2 Å². The van der Waals surface area contributed by atoms with Crippen LogP contribution in [0, 0.1) is 0 Å². The number of carbonyl (C=O) groups is 2. The van der Waals surface area contributed by atoms with Crippen LogP contribution in [0.4, 0.5) is 5.69 Å². The van der Waals surface area contributed by atoms with E-state index in [1.54, 1.807) is 36.4 Å². The zero-order chi connectivity index (χ0) is 27.3. The van der Waals surface area contributed by atoms with E-state index in [0.717, 1.165) is 4.31 Å². The minimum absolute atomic E-state index is 0.0426. The van der Waals surface area contributed by atoms with Gasteiger partial charge in [-0.15, -0.1) is 0 Å². The van der Waals surface area contributed by atoms with Crippen LogP contribution in [0.15, 0.2) is 71.6 Å². The highest BCUT2D eigenvalue weighted by atomic mass is 35.5. The SMILES string of the molecule is CNC(=O)C(C)N(Cc1c(Cl)cccc1Cl)C(=O)CN(c1cc(Cl)cc(Cl)c1)S(=O)(=O)c1ccccc1. The molecule has 3 aromatic rings. The first kappa shape index (κ1) is 29.1. The number of hydrogen-bond donors (Lipinski definition) is 1. The fraction of sp³-hybridized carbons (Fsp3) is 0.200. The summed E-state index contributed by atoms with van der Waals surface area (Å²) in [6, 6.07) is 15.7. The van der Waals surface area contributed by atoms with Crippen LogP contribution in [-0.4, -0.2) is 44.8 Å². The number of nitrogens with zero attached hydrogens (tertiary/aromatic N) is 2. The average Bonchev–Trinajstić information content (AvgIpc) is 2.86. The molecule has 7 nitrogen and oxygen atoms in total. The summed E-state index contributed by atoms with van der Waals surface area (Å²) in [5, 5.41) is 3.46. The van der Waals surface area contributed by atoms with Crippen LogP contribution >= 0.6 is 46.4 Å². The summed E-state index contributed by atoms with van der Waals surface area (Å²) in [6.45, 7) is 0.729. The summed E-state index contributed by atoms with van der Waals surface area (Å²) >= 11 is 25.0. The van der Waals surface area contributed by atoms with Crippen molar-refractivity contribution < 1.29 is 18.0 Å². The number of rotatable bonds is 9. The van der Waals surface area contributed by atoms with Gasteiger partial charge in [-0.2, -0.15) is 0 Å². The topological polar surface area (TPSA) is 86.8 Å². The number of halogens is 4. The number of carbonyl (C=O) groups excluding carboxylic acids is 2. The molecule has 1 unspecified atom stereocenters. The van der Waals surface area contributed by atoms with Crippen molar-refractivity contribution in [2.45, 2.75) is 24.4 Å². The highest BCUT2D eigenvalue weighted by molar-refractivity contribution is 7.92. The molecule has 37 heavy (non-hydrogen) atoms. The van der Waals surface area contributed by atoms with E-state index in [0.29, 0.717) is 15.6 Å². The molecule has 0 aliphatic rings. The molecule has 0 fully saturated rings. The molecule has 0 saturated carbocycles. The molecule has 0 bridgehead atoms. The molecule has 0 aliphatic heterocycles. The van der Waals surface area contributed by atoms with Gasteiger partial charge in [-0.1, -0.05) is 70.7 Å². The highest BCUT2D eigenvalue weighted by Gasteiger charge is 2.33. The Morgan fingerprint density at radius 2 is 1.46 bits per heavy atom. The average molecular weight is 603 g/mol. The van der Waals surface area contributed by atoms with Crippen molar-refractivity contribution in [2.24, 2.45) is 0 Å². The van der Waals surface area contributed by atoms with Gasteiger partial charge in [0, 0.05) is 39.2 Å². The van der Waals surface area contributed by atoms with Crippen molar-refractivity contribution in [2.75, 3.05) is 17.9 Å². The predicted octanol–water partition coefficient (Wildman–Crippen LogP) is 5.66. The van der Waals surface area contributed by atoms with Gasteiger partial charge in [0.15, 0.2) is 0 Å². The molecule has 0 aromatic heterocycles. The minimum Gasteiger partial charge on any atom is -0.357 e. The van der Waals surface area contributed by atoms with Crippen molar-refractivity contribution in [1.82, 2.24) is 10.2 Å². The fourth-order valence-corrected chi connectivity index (χ4v) is 6.03. The molecule has 1 N–H and O–H groups in total. The minimum atomic E-state index is -4.24. The molecule has 0 heterocycles. The standard InChI is InChI=1S/C25H23Cl4N3O4S/c1-16(25(34)30-2)31(14-21-22(28)9-6-10-23(21)29)24(33)15-32(19-12-17(26)11-18(27)13-19)37(35,36)20-7-4-3-5-8-20/h3-13,16H,14-15H2,1-2H3,(H,30,34). The lowest BCUT2D eigenvalue weighted by Gasteiger charge is -2.32. The van der Waals surface area contributed by atoms with E-state index in [2.05, 4.69) is 5.32 Å². The van der Waals surface area contributed by atoms with Crippen LogP contribution in [-0.2, 0) is 26.2 Å². The van der Waals surface area contributed by atoms with Crippen LogP contribution in [0.3, 0.4) is 0 Å². The molecule has 2 amide bonds. The Bertz CT molecular complexity index is 1360. The molecule has 12 heteroatoms. The fourth-order valence-electron chi connectivity index (χ4n) is 3.58. The highest BCUT2D eigenvalue weighted by Crippen LogP contribution is 2.31. The summed E-state index contributed by atoms with van der Waals surface area (Å²) in [7, 11) is -2.81. The van der Waals surface area contributed by atoms with Gasteiger partial charge in [0.25, 0.3) is 10.0 Å². The molecular weight excluding hydrogens is 580 g/mol. The number of benzene rings is 3. The van der Waals surface area contributed by atoms with Crippen molar-refractivity contribution in [1.29, 1.82) is 0 Å². The van der Waals surface area contributed by atoms with Gasteiger partial charge >= 0.3 is 0 Å². The Hall–Kier alpha value is -2.49. The number of sulfonamides is 1. The molecule has 0 radical (unpaired) electrons. The summed E-state index contributed by atoms with van der Waals surface area (Å²) in [4.78, 5) is 27.5. The van der Waals surface area contributed by atoms with Crippen LogP contribution in [0.2, 0.25) is 20.1 Å². The van der Waals surface area contributed by atoms with E-state index in [1.165, 1.54) is 49.2 Å². The van der Waals surface area contributed by atoms with Gasteiger partial charge < -0.3 is 10.2 Å². The van der Waals surface area contributed by atoms with E-state index in [4.69, 9.17) is 46.4 Å². The van der Waals surface area contributed by atoms with Gasteiger partial charge in [0.05, 0.1) is 10.6 Å². The number of hydrogen-bond acceptors (Lipinski definition) is 4. The first-order chi connectivity index (χ1) is 17.4. The summed E-state index contributed by atoms with van der Waals surface area (Å²) in [5.41, 5.74) is 0.497. The van der Waals surface area contributed by atoms with E-state index >= 15 is 0 Å². The van der Waals surface area contributed by atoms with E-state index in [1.807, 2.05) is 0 Å². The lowest BCUT2D eigenvalue weighted by molar-refractivity contribution is -0.139. The lowest BCUT2D eigenvalue weighted by Crippen LogP contribution is -2.50. The third-order valence-electron chi connectivity index (χ3n) is 5.55. The molecular formula is C25H23Cl4N3O4S. The molecule has 0 saturated heterocycles. The third kappa shape index (κ3) is 6.89. The number of nitrogens with one attached hydrogen (secondary N) is 1. The predicted molar refractivity (Wildman–Crippen MR) is 148 cm³/mol. The number of anilines is 1. The molecule has 3 aromatic carbocycles. The maximum Gasteiger partial charge on any atom is 0.264 e. The Morgan fingerprint density at radius 3 is 2.00 bits per heavy atom. The zero-order valence-electron chi connectivity index (χ0n) is 19.8. The second-order valence-electron chi connectivity index (χ2n) is 7.96. The van der Waals surface area contributed by atoms with Gasteiger partial charge in [-0.05, 0) is 49.4 Å². The Kier molecular flexibility index (Phi) is 9.72. The molecule has 1 atom stereocenters. The first-order valence-electron chi connectivity index (χ1n) is 10.9. The van der Waals surface area contributed by atoms with Crippen LogP contribution in [0.25, 0.3) is 0 Å².